The highest BCUT2D eigenvalue weighted by atomic mass is 19.1. The monoisotopic (exact) mass is 665 g/mol. The van der Waals surface area contributed by atoms with Crippen molar-refractivity contribution in [1.82, 2.24) is 14.9 Å². The van der Waals surface area contributed by atoms with Gasteiger partial charge < -0.3 is 25.0 Å². The standard InChI is InChI=1S/C37H40FN7O4/c1-3-37(46)42-31-21-32(34(47-2)22-33(31)44-15-13-43(14-16-44)27-10-11-27)41-35-23-36(40-24-39-35)45-28(12-17-48-45)18-25-6-4-8-29(19-25)49-30-9-5-7-26(38)20-30/h3-9,19-24,27-28H,1,10-18H2,2H3,(H,42,46)(H,39,40,41). The Morgan fingerprint density at radius 3 is 2.55 bits per heavy atom. The number of hydrogen-bond acceptors (Lipinski definition) is 10. The summed E-state index contributed by atoms with van der Waals surface area (Å²) in [5, 5.41) is 8.19. The number of benzene rings is 3. The van der Waals surface area contributed by atoms with Crippen molar-refractivity contribution >= 4 is 34.6 Å². The van der Waals surface area contributed by atoms with Gasteiger partial charge in [-0.15, -0.1) is 0 Å². The molecule has 254 valence electrons. The molecule has 1 amide bonds. The SMILES string of the molecule is C=CC(=O)Nc1cc(Nc2cc(N3OCCC3Cc3cccc(Oc4cccc(F)c4)c3)ncn2)c(OC)cc1N1CCN(C2CC2)CC1. The number of hydrogen-bond donors (Lipinski definition) is 2. The van der Waals surface area contributed by atoms with E-state index in [1.54, 1.807) is 19.2 Å². The van der Waals surface area contributed by atoms with Crippen LogP contribution in [0.1, 0.15) is 24.8 Å². The molecule has 1 aliphatic carbocycles. The molecule has 1 atom stereocenters. The van der Waals surface area contributed by atoms with Gasteiger partial charge in [0.05, 0.1) is 36.8 Å². The van der Waals surface area contributed by atoms with Gasteiger partial charge in [-0.1, -0.05) is 24.8 Å². The van der Waals surface area contributed by atoms with E-state index >= 15 is 0 Å². The molecule has 0 bridgehead atoms. The number of hydroxylamine groups is 1. The van der Waals surface area contributed by atoms with E-state index in [2.05, 4.69) is 37.0 Å². The molecular weight excluding hydrogens is 625 g/mol. The van der Waals surface area contributed by atoms with Crippen LogP contribution in [0.5, 0.6) is 17.2 Å². The van der Waals surface area contributed by atoms with Gasteiger partial charge in [0.2, 0.25) is 5.91 Å². The topological polar surface area (TPSA) is 104 Å². The number of amides is 1. The number of piperazine rings is 1. The summed E-state index contributed by atoms with van der Waals surface area (Å²) >= 11 is 0. The van der Waals surface area contributed by atoms with Crippen LogP contribution in [0.4, 0.5) is 33.1 Å². The molecular formula is C37H40FN7O4. The Balaban J connectivity index is 1.08. The number of nitrogens with one attached hydrogen (secondary N) is 2. The van der Waals surface area contributed by atoms with E-state index in [9.17, 15) is 9.18 Å². The van der Waals surface area contributed by atoms with Crippen LogP contribution in [0.3, 0.4) is 0 Å². The lowest BCUT2D eigenvalue weighted by Gasteiger charge is -2.37. The lowest BCUT2D eigenvalue weighted by Crippen LogP contribution is -2.47. The summed E-state index contributed by atoms with van der Waals surface area (Å²) in [5.41, 5.74) is 3.25. The lowest BCUT2D eigenvalue weighted by molar-refractivity contribution is -0.111. The lowest BCUT2D eigenvalue weighted by atomic mass is 10.0. The first-order valence-corrected chi connectivity index (χ1v) is 16.6. The fourth-order valence-electron chi connectivity index (χ4n) is 6.45. The number of aromatic nitrogens is 2. The zero-order chi connectivity index (χ0) is 33.7. The van der Waals surface area contributed by atoms with Crippen LogP contribution in [0.25, 0.3) is 0 Å². The minimum Gasteiger partial charge on any atom is -0.494 e. The number of carbonyl (C=O) groups is 1. The Morgan fingerprint density at radius 2 is 1.80 bits per heavy atom. The summed E-state index contributed by atoms with van der Waals surface area (Å²) in [7, 11) is 1.63. The van der Waals surface area contributed by atoms with E-state index in [0.717, 1.165) is 49.9 Å². The molecule has 2 saturated heterocycles. The van der Waals surface area contributed by atoms with Crippen LogP contribution < -0.4 is 30.1 Å². The number of nitrogens with zero attached hydrogens (tertiary/aromatic N) is 5. The molecule has 3 heterocycles. The van der Waals surface area contributed by atoms with Gasteiger partial charge in [-0.25, -0.2) is 19.4 Å². The van der Waals surface area contributed by atoms with E-state index in [1.165, 1.54) is 37.4 Å². The van der Waals surface area contributed by atoms with Gasteiger partial charge in [0.15, 0.2) is 5.82 Å². The fourth-order valence-corrected chi connectivity index (χ4v) is 6.45. The fraction of sp³-hybridized carbons (Fsp3) is 0.324. The maximum absolute atomic E-state index is 13.7. The van der Waals surface area contributed by atoms with Gasteiger partial charge in [0, 0.05) is 50.4 Å². The average molecular weight is 666 g/mol. The third-order valence-corrected chi connectivity index (χ3v) is 9.04. The van der Waals surface area contributed by atoms with Crippen molar-refractivity contribution < 1.29 is 23.5 Å². The van der Waals surface area contributed by atoms with E-state index in [1.807, 2.05) is 47.5 Å². The Labute approximate surface area is 285 Å². The van der Waals surface area contributed by atoms with Crippen LogP contribution in [-0.4, -0.2) is 72.8 Å². The number of methoxy groups -OCH3 is 1. The molecule has 2 N–H and O–H groups in total. The molecule has 11 nitrogen and oxygen atoms in total. The maximum atomic E-state index is 13.7. The van der Waals surface area contributed by atoms with Crippen molar-refractivity contribution in [2.24, 2.45) is 0 Å². The number of carbonyl (C=O) groups excluding carboxylic acids is 1. The van der Waals surface area contributed by atoms with Crippen molar-refractivity contribution in [1.29, 1.82) is 0 Å². The first-order valence-electron chi connectivity index (χ1n) is 16.6. The molecule has 2 aliphatic heterocycles. The van der Waals surface area contributed by atoms with Gasteiger partial charge >= 0.3 is 0 Å². The minimum absolute atomic E-state index is 0.0158. The molecule has 12 heteroatoms. The molecule has 7 rings (SSSR count). The second-order valence-corrected chi connectivity index (χ2v) is 12.4. The molecule has 3 aliphatic rings. The molecule has 0 radical (unpaired) electrons. The number of anilines is 5. The van der Waals surface area contributed by atoms with Crippen molar-refractivity contribution in [3.63, 3.8) is 0 Å². The Kier molecular flexibility index (Phi) is 9.58. The van der Waals surface area contributed by atoms with Crippen molar-refractivity contribution in [2.45, 2.75) is 37.8 Å². The summed E-state index contributed by atoms with van der Waals surface area (Å²) in [6.07, 6.45) is 6.81. The summed E-state index contributed by atoms with van der Waals surface area (Å²) in [6.45, 7) is 7.88. The van der Waals surface area contributed by atoms with Gasteiger partial charge in [0.1, 0.15) is 35.2 Å². The Bertz CT molecular complexity index is 1810. The van der Waals surface area contributed by atoms with E-state index < -0.39 is 0 Å². The van der Waals surface area contributed by atoms with Crippen molar-refractivity contribution in [3.8, 4) is 17.2 Å². The third-order valence-electron chi connectivity index (χ3n) is 9.04. The summed E-state index contributed by atoms with van der Waals surface area (Å²) in [4.78, 5) is 32.4. The average Bonchev–Trinajstić information content (AvgIpc) is 3.87. The smallest absolute Gasteiger partial charge is 0.247 e. The van der Waals surface area contributed by atoms with Crippen LogP contribution in [0.2, 0.25) is 0 Å². The van der Waals surface area contributed by atoms with Gasteiger partial charge in [-0.3, -0.25) is 14.5 Å². The predicted octanol–water partition coefficient (Wildman–Crippen LogP) is 6.32. The molecule has 3 fully saturated rings. The van der Waals surface area contributed by atoms with E-state index in [4.69, 9.17) is 14.3 Å². The molecule has 1 saturated carbocycles. The van der Waals surface area contributed by atoms with Crippen molar-refractivity contribution in [2.75, 3.05) is 60.5 Å². The number of ether oxygens (including phenoxy) is 2. The molecule has 1 aromatic heterocycles. The molecule has 4 aromatic rings. The summed E-state index contributed by atoms with van der Waals surface area (Å²) in [5.74, 6) is 2.20. The van der Waals surface area contributed by atoms with E-state index in [-0.39, 0.29) is 17.8 Å². The molecule has 0 spiro atoms. The van der Waals surface area contributed by atoms with Crippen LogP contribution in [-0.2, 0) is 16.1 Å². The zero-order valence-electron chi connectivity index (χ0n) is 27.5. The zero-order valence-corrected chi connectivity index (χ0v) is 27.5. The van der Waals surface area contributed by atoms with E-state index in [0.29, 0.717) is 53.3 Å². The van der Waals surface area contributed by atoms with Crippen molar-refractivity contribution in [3.05, 3.63) is 97.1 Å². The molecule has 3 aromatic carbocycles. The summed E-state index contributed by atoms with van der Waals surface area (Å²) in [6, 6.07) is 20.3. The van der Waals surface area contributed by atoms with Gasteiger partial charge in [-0.2, -0.15) is 0 Å². The number of halogens is 1. The van der Waals surface area contributed by atoms with Gasteiger partial charge in [-0.05, 0) is 67.7 Å². The highest BCUT2D eigenvalue weighted by Crippen LogP contribution is 2.40. The Hall–Kier alpha value is -5.20. The van der Waals surface area contributed by atoms with Crippen LogP contribution >= 0.6 is 0 Å². The van der Waals surface area contributed by atoms with Crippen LogP contribution in [0.15, 0.2) is 85.7 Å². The first-order chi connectivity index (χ1) is 23.9. The summed E-state index contributed by atoms with van der Waals surface area (Å²) < 4.78 is 25.4. The predicted molar refractivity (Wildman–Crippen MR) is 187 cm³/mol. The largest absolute Gasteiger partial charge is 0.494 e. The van der Waals surface area contributed by atoms with Gasteiger partial charge in [0.25, 0.3) is 0 Å². The second-order valence-electron chi connectivity index (χ2n) is 12.4. The Morgan fingerprint density at radius 1 is 1.00 bits per heavy atom. The van der Waals surface area contributed by atoms with Crippen LogP contribution in [0, 0.1) is 5.82 Å². The molecule has 49 heavy (non-hydrogen) atoms. The first kappa shape index (κ1) is 32.4. The number of rotatable bonds is 12. The quantitative estimate of drug-likeness (QED) is 0.167. The molecule has 1 unspecified atom stereocenters. The normalized spacial score (nSPS) is 17.9. The maximum Gasteiger partial charge on any atom is 0.247 e. The minimum atomic E-state index is -0.348. The third kappa shape index (κ3) is 7.76. The second kappa shape index (κ2) is 14.5. The highest BCUT2D eigenvalue weighted by molar-refractivity contribution is 6.02. The highest BCUT2D eigenvalue weighted by Gasteiger charge is 2.32.